The molecule has 26 heavy (non-hydrogen) atoms. The van der Waals surface area contributed by atoms with Gasteiger partial charge in [-0.05, 0) is 78.3 Å². The number of aromatic hydroxyl groups is 2. The van der Waals surface area contributed by atoms with Gasteiger partial charge in [0.05, 0.1) is 4.11 Å². The Kier molecular flexibility index (Phi) is 5.11. The average molecular weight is 358 g/mol. The van der Waals surface area contributed by atoms with Crippen LogP contribution in [0.25, 0.3) is 0 Å². The monoisotopic (exact) mass is 358 g/mol. The molecule has 5 heteroatoms. The smallest absolute Gasteiger partial charge is 0.210 e. The molecule has 2 heterocycles. The lowest BCUT2D eigenvalue weighted by atomic mass is 9.97. The number of aryl methyl sites for hydroxylation is 2. The maximum Gasteiger partial charge on any atom is 0.210 e. The fourth-order valence-electron chi connectivity index (χ4n) is 2.90. The maximum absolute atomic E-state index is 9.18. The van der Waals surface area contributed by atoms with E-state index in [0.29, 0.717) is 0 Å². The van der Waals surface area contributed by atoms with Crippen molar-refractivity contribution >= 4 is 12.4 Å². The number of hydrogen-bond donors (Lipinski definition) is 3. The van der Waals surface area contributed by atoms with E-state index in [9.17, 15) is 5.11 Å². The molecule has 0 radical (unpaired) electrons. The van der Waals surface area contributed by atoms with Gasteiger partial charge >= 0.3 is 0 Å². The maximum atomic E-state index is 9.18. The topological polar surface area (TPSA) is 85.4 Å². The molecular weight excluding hydrogens is 328 g/mol. The number of phenols is 2. The van der Waals surface area contributed by atoms with Gasteiger partial charge in [-0.2, -0.15) is 0 Å². The highest BCUT2D eigenvalue weighted by Crippen LogP contribution is 2.28. The van der Waals surface area contributed by atoms with E-state index >= 15 is 0 Å². The molecule has 3 N–H and O–H groups in total. The lowest BCUT2D eigenvalue weighted by molar-refractivity contribution is 0.399. The van der Waals surface area contributed by atoms with Crippen molar-refractivity contribution in [1.29, 1.82) is 1.43 Å². The zero-order valence-corrected chi connectivity index (χ0v) is 15.0. The number of aliphatic hydroxyl groups is 1. The first kappa shape index (κ1) is 14.5. The van der Waals surface area contributed by atoms with Crippen molar-refractivity contribution in [2.75, 3.05) is 20.1 Å². The Hall–Kier alpha value is -2.66. The summed E-state index contributed by atoms with van der Waals surface area (Å²) in [6.07, 6.45) is 5.65. The van der Waals surface area contributed by atoms with E-state index in [-0.39, 0.29) is 11.5 Å². The number of hydrogen-bond acceptors (Lipinski definition) is 5. The number of rotatable bonds is 0. The van der Waals surface area contributed by atoms with Gasteiger partial charge in [0.1, 0.15) is 0 Å². The Bertz CT molecular complexity index is 871. The molecule has 0 saturated heterocycles. The van der Waals surface area contributed by atoms with Gasteiger partial charge in [0, 0.05) is 32.6 Å². The first-order valence-corrected chi connectivity index (χ1v) is 8.39. The molecule has 2 aliphatic heterocycles. The van der Waals surface area contributed by atoms with E-state index in [1.807, 2.05) is 6.21 Å². The molecule has 0 amide bonds. The van der Waals surface area contributed by atoms with Crippen molar-refractivity contribution in [3.8, 4) is 11.5 Å². The van der Waals surface area contributed by atoms with Crippen molar-refractivity contribution < 1.29 is 19.4 Å². The molecule has 0 aliphatic carbocycles. The SMILES string of the molecule is Cc1cc2c(cc1C)CCN=C2.Oc1cc2c(cc1O)CCN=C2.[2H]OC([2H])([2H])[2H]. The van der Waals surface area contributed by atoms with Crippen LogP contribution in [0.2, 0.25) is 0 Å². The number of aliphatic imine (C=N–C) groups is 2. The van der Waals surface area contributed by atoms with E-state index in [1.54, 1.807) is 12.3 Å². The molecule has 2 aromatic carbocycles. The zero-order chi connectivity index (χ0) is 22.3. The normalized spacial score (nSPS) is 16.2. The van der Waals surface area contributed by atoms with Gasteiger partial charge < -0.3 is 15.3 Å². The third kappa shape index (κ3) is 4.70. The molecule has 0 atom stereocenters. The van der Waals surface area contributed by atoms with Gasteiger partial charge in [0.2, 0.25) is 1.43 Å². The van der Waals surface area contributed by atoms with Crippen LogP contribution in [0.5, 0.6) is 11.5 Å². The van der Waals surface area contributed by atoms with E-state index in [0.717, 1.165) is 37.1 Å². The first-order chi connectivity index (χ1) is 14.1. The molecule has 4 rings (SSSR count). The molecule has 2 aliphatic rings. The van der Waals surface area contributed by atoms with E-state index < -0.39 is 7.04 Å². The molecule has 0 spiro atoms. The molecule has 0 bridgehead atoms. The van der Waals surface area contributed by atoms with Crippen LogP contribution in [0.3, 0.4) is 0 Å². The van der Waals surface area contributed by atoms with Gasteiger partial charge in [0.25, 0.3) is 0 Å². The standard InChI is InChI=1S/C11H13N.C9H9NO2.CH4O/c1-8-5-10-3-4-12-7-11(10)6-9(8)2;11-8-3-6-1-2-10-5-7(6)4-9(8)12;1-2/h5-7H,3-4H2,1-2H3;3-5,11-12H,1-2H2;2H,1H3/i;;1D3,2D. The minimum absolute atomic E-state index is 0.0518. The van der Waals surface area contributed by atoms with Crippen molar-refractivity contribution in [3.05, 3.63) is 57.6 Å². The summed E-state index contributed by atoms with van der Waals surface area (Å²) in [5.41, 5.74) is 7.46. The fraction of sp³-hybridized carbons (Fsp3) is 0.333. The van der Waals surface area contributed by atoms with Gasteiger partial charge in [-0.1, -0.05) is 6.07 Å². The Balaban J connectivity index is 0.000000171. The van der Waals surface area contributed by atoms with Crippen LogP contribution >= 0.6 is 0 Å². The Labute approximate surface area is 160 Å². The third-order valence-corrected chi connectivity index (χ3v) is 4.47. The Morgan fingerprint density at radius 3 is 1.96 bits per heavy atom. The third-order valence-electron chi connectivity index (χ3n) is 4.47. The second kappa shape index (κ2) is 9.15. The average Bonchev–Trinajstić information content (AvgIpc) is 2.70. The molecule has 138 valence electrons. The number of fused-ring (bicyclic) bond motifs is 2. The second-order valence-corrected chi connectivity index (χ2v) is 6.25. The van der Waals surface area contributed by atoms with Crippen LogP contribution in [0.4, 0.5) is 0 Å². The predicted octanol–water partition coefficient (Wildman–Crippen LogP) is 2.96. The predicted molar refractivity (Wildman–Crippen MR) is 106 cm³/mol. The summed E-state index contributed by atoms with van der Waals surface area (Å²) >= 11 is 0. The van der Waals surface area contributed by atoms with Crippen molar-refractivity contribution in [2.24, 2.45) is 9.98 Å². The highest BCUT2D eigenvalue weighted by molar-refractivity contribution is 5.84. The quantitative estimate of drug-likeness (QED) is 0.633. The van der Waals surface area contributed by atoms with Crippen molar-refractivity contribution in [1.82, 2.24) is 0 Å². The number of phenolic OH excluding ortho intramolecular Hbond substituents is 2. The van der Waals surface area contributed by atoms with Crippen molar-refractivity contribution in [3.63, 3.8) is 0 Å². The molecular formula is C21H26N2O3. The van der Waals surface area contributed by atoms with Crippen LogP contribution in [-0.4, -0.2) is 49.3 Å². The van der Waals surface area contributed by atoms with Gasteiger partial charge in [-0.3, -0.25) is 9.98 Å². The van der Waals surface area contributed by atoms with Gasteiger partial charge in [-0.15, -0.1) is 0 Å². The Morgan fingerprint density at radius 1 is 0.846 bits per heavy atom. The second-order valence-electron chi connectivity index (χ2n) is 6.25. The Morgan fingerprint density at radius 2 is 1.35 bits per heavy atom. The molecule has 0 aromatic heterocycles. The summed E-state index contributed by atoms with van der Waals surface area (Å²) in [5.74, 6) is -0.133. The van der Waals surface area contributed by atoms with E-state index in [1.165, 1.54) is 28.3 Å². The zero-order valence-electron chi connectivity index (χ0n) is 19.0. The fourth-order valence-corrected chi connectivity index (χ4v) is 2.90. The van der Waals surface area contributed by atoms with Gasteiger partial charge in [-0.25, -0.2) is 0 Å². The van der Waals surface area contributed by atoms with Crippen LogP contribution in [0.1, 0.15) is 37.5 Å². The van der Waals surface area contributed by atoms with Crippen LogP contribution in [0.15, 0.2) is 34.3 Å². The van der Waals surface area contributed by atoms with Gasteiger partial charge in [0.15, 0.2) is 11.5 Å². The first-order valence-electron chi connectivity index (χ1n) is 10.3. The summed E-state index contributed by atoms with van der Waals surface area (Å²) in [5, 5.41) is 21.5. The number of nitrogens with zero attached hydrogens (tertiary/aromatic N) is 2. The van der Waals surface area contributed by atoms with Crippen LogP contribution < -0.4 is 0 Å². The minimum atomic E-state index is -2.54. The highest BCUT2D eigenvalue weighted by atomic mass is 16.3. The molecule has 2 aromatic rings. The van der Waals surface area contributed by atoms with E-state index in [4.69, 9.17) is 10.7 Å². The number of benzene rings is 2. The molecule has 0 fully saturated rings. The summed E-state index contributed by atoms with van der Waals surface area (Å²) in [6, 6.07) is 7.65. The summed E-state index contributed by atoms with van der Waals surface area (Å²) in [7, 11) is -2.54. The summed E-state index contributed by atoms with van der Waals surface area (Å²) in [4.78, 5) is 8.34. The highest BCUT2D eigenvalue weighted by Gasteiger charge is 2.09. The molecule has 0 unspecified atom stereocenters. The summed E-state index contributed by atoms with van der Waals surface area (Å²) < 4.78 is 24.1. The van der Waals surface area contributed by atoms with E-state index in [2.05, 4.69) is 41.1 Å². The van der Waals surface area contributed by atoms with Crippen LogP contribution in [0, 0.1) is 13.8 Å². The lowest BCUT2D eigenvalue weighted by Crippen LogP contribution is -2.03. The van der Waals surface area contributed by atoms with Crippen LogP contribution in [-0.2, 0) is 12.8 Å². The molecule has 0 saturated carbocycles. The minimum Gasteiger partial charge on any atom is -0.504 e. The largest absolute Gasteiger partial charge is 0.504 e. The summed E-state index contributed by atoms with van der Waals surface area (Å²) in [6.45, 7) is 6.03. The molecule has 5 nitrogen and oxygen atoms in total. The van der Waals surface area contributed by atoms with Crippen molar-refractivity contribution in [2.45, 2.75) is 26.7 Å². The lowest BCUT2D eigenvalue weighted by Gasteiger charge is -2.12.